The number of amides is 1. The van der Waals surface area contributed by atoms with Crippen molar-refractivity contribution in [2.75, 3.05) is 13.4 Å². The molecule has 0 fully saturated rings. The number of nitrogens with one attached hydrogen (secondary N) is 1. The van der Waals surface area contributed by atoms with Gasteiger partial charge in [-0.15, -0.1) is 0 Å². The lowest BCUT2D eigenvalue weighted by Gasteiger charge is -2.11. The van der Waals surface area contributed by atoms with Gasteiger partial charge in [0.2, 0.25) is 0 Å². The fraction of sp³-hybridized carbons (Fsp3) is 0.158. The molecule has 25 heavy (non-hydrogen) atoms. The summed E-state index contributed by atoms with van der Waals surface area (Å²) in [5, 5.41) is 3.73. The fourth-order valence-corrected chi connectivity index (χ4v) is 3.03. The molecule has 1 heterocycles. The van der Waals surface area contributed by atoms with Crippen LogP contribution in [0.25, 0.3) is 5.69 Å². The van der Waals surface area contributed by atoms with E-state index in [0.717, 1.165) is 22.2 Å². The maximum Gasteiger partial charge on any atom is 0.270 e. The summed E-state index contributed by atoms with van der Waals surface area (Å²) in [6, 6.07) is 17.4. The number of rotatable bonds is 6. The minimum Gasteiger partial charge on any atom is -0.497 e. The van der Waals surface area contributed by atoms with Crippen molar-refractivity contribution in [2.24, 2.45) is 0 Å². The zero-order chi connectivity index (χ0) is 17.6. The topological polar surface area (TPSA) is 56.1 Å². The number of carbonyl (C=O) groups excluding carboxylic acids is 1. The number of methoxy groups -OCH3 is 1. The van der Waals surface area contributed by atoms with Crippen LogP contribution in [-0.2, 0) is 6.54 Å². The first-order valence-corrected chi connectivity index (χ1v) is 9.03. The minimum atomic E-state index is -0.160. The van der Waals surface area contributed by atoms with Crippen LogP contribution in [0, 0.1) is 0 Å². The number of imidazole rings is 1. The zero-order valence-electron chi connectivity index (χ0n) is 14.1. The van der Waals surface area contributed by atoms with Gasteiger partial charge in [-0.3, -0.25) is 9.36 Å². The van der Waals surface area contributed by atoms with Crippen molar-refractivity contribution in [1.82, 2.24) is 14.9 Å². The molecular formula is C19H19N3O2S. The van der Waals surface area contributed by atoms with Gasteiger partial charge in [0, 0.05) is 12.2 Å². The van der Waals surface area contributed by atoms with E-state index in [4.69, 9.17) is 4.74 Å². The SMILES string of the molecule is COc1ccc(CNC(=O)c2cnc(SC)n2-c2ccccc2)cc1. The van der Waals surface area contributed by atoms with Gasteiger partial charge in [0.15, 0.2) is 5.16 Å². The molecule has 0 bridgehead atoms. The summed E-state index contributed by atoms with van der Waals surface area (Å²) in [5.41, 5.74) is 2.44. The van der Waals surface area contributed by atoms with E-state index in [0.29, 0.717) is 12.2 Å². The smallest absolute Gasteiger partial charge is 0.270 e. The molecule has 0 spiro atoms. The molecule has 0 saturated heterocycles. The molecule has 0 radical (unpaired) electrons. The normalized spacial score (nSPS) is 10.5. The van der Waals surface area contributed by atoms with Crippen molar-refractivity contribution < 1.29 is 9.53 Å². The summed E-state index contributed by atoms with van der Waals surface area (Å²) in [7, 11) is 1.63. The largest absolute Gasteiger partial charge is 0.497 e. The van der Waals surface area contributed by atoms with Crippen LogP contribution in [0.4, 0.5) is 0 Å². The van der Waals surface area contributed by atoms with Crippen LogP contribution >= 0.6 is 11.8 Å². The number of thioether (sulfide) groups is 1. The number of aromatic nitrogens is 2. The second-order valence-corrected chi connectivity index (χ2v) is 6.11. The molecule has 0 aliphatic heterocycles. The molecule has 0 unspecified atom stereocenters. The Morgan fingerprint density at radius 2 is 1.88 bits per heavy atom. The first-order valence-electron chi connectivity index (χ1n) is 7.81. The molecular weight excluding hydrogens is 334 g/mol. The Bertz CT molecular complexity index is 845. The Balaban J connectivity index is 1.79. The Kier molecular flexibility index (Phi) is 5.40. The van der Waals surface area contributed by atoms with E-state index >= 15 is 0 Å². The molecule has 3 aromatic rings. The number of carbonyl (C=O) groups is 1. The summed E-state index contributed by atoms with van der Waals surface area (Å²) in [6.45, 7) is 0.442. The van der Waals surface area contributed by atoms with E-state index in [1.54, 1.807) is 13.3 Å². The maximum atomic E-state index is 12.7. The first-order chi connectivity index (χ1) is 12.2. The standard InChI is InChI=1S/C19H19N3O2S/c1-24-16-10-8-14(9-11-16)12-20-18(23)17-13-21-19(25-2)22(17)15-6-4-3-5-7-15/h3-11,13H,12H2,1-2H3,(H,20,23). The molecule has 1 amide bonds. The van der Waals surface area contributed by atoms with Gasteiger partial charge in [0.1, 0.15) is 11.4 Å². The van der Waals surface area contributed by atoms with Gasteiger partial charge in [-0.05, 0) is 36.1 Å². The number of hydrogen-bond donors (Lipinski definition) is 1. The van der Waals surface area contributed by atoms with E-state index in [2.05, 4.69) is 10.3 Å². The number of hydrogen-bond acceptors (Lipinski definition) is 4. The molecule has 2 aromatic carbocycles. The molecule has 1 aromatic heterocycles. The predicted octanol–water partition coefficient (Wildman–Crippen LogP) is 3.53. The Labute approximate surface area is 151 Å². The van der Waals surface area contributed by atoms with Crippen LogP contribution in [0.5, 0.6) is 5.75 Å². The average Bonchev–Trinajstić information content (AvgIpc) is 3.11. The quantitative estimate of drug-likeness (QED) is 0.689. The second kappa shape index (κ2) is 7.90. The molecule has 0 aliphatic rings. The molecule has 0 aliphatic carbocycles. The second-order valence-electron chi connectivity index (χ2n) is 5.33. The van der Waals surface area contributed by atoms with Gasteiger partial charge >= 0.3 is 0 Å². The number of ether oxygens (including phenoxy) is 1. The van der Waals surface area contributed by atoms with Crippen molar-refractivity contribution in [3.63, 3.8) is 0 Å². The van der Waals surface area contributed by atoms with Gasteiger partial charge in [0.25, 0.3) is 5.91 Å². The molecule has 0 saturated carbocycles. The maximum absolute atomic E-state index is 12.7. The highest BCUT2D eigenvalue weighted by atomic mass is 32.2. The number of para-hydroxylation sites is 1. The monoisotopic (exact) mass is 353 g/mol. The predicted molar refractivity (Wildman–Crippen MR) is 99.5 cm³/mol. The number of nitrogens with zero attached hydrogens (tertiary/aromatic N) is 2. The van der Waals surface area contributed by atoms with E-state index < -0.39 is 0 Å². The lowest BCUT2D eigenvalue weighted by atomic mass is 10.2. The molecule has 0 atom stereocenters. The van der Waals surface area contributed by atoms with Crippen LogP contribution in [0.15, 0.2) is 66.0 Å². The molecule has 1 N–H and O–H groups in total. The Morgan fingerprint density at radius 1 is 1.16 bits per heavy atom. The highest BCUT2D eigenvalue weighted by Crippen LogP contribution is 2.21. The highest BCUT2D eigenvalue weighted by Gasteiger charge is 2.17. The Morgan fingerprint density at radius 3 is 2.52 bits per heavy atom. The van der Waals surface area contributed by atoms with Crippen molar-refractivity contribution in [2.45, 2.75) is 11.7 Å². The van der Waals surface area contributed by atoms with E-state index in [1.165, 1.54) is 11.8 Å². The third kappa shape index (κ3) is 3.85. The van der Waals surface area contributed by atoms with Crippen LogP contribution in [0.3, 0.4) is 0 Å². The van der Waals surface area contributed by atoms with Gasteiger partial charge in [0.05, 0.1) is 13.3 Å². The molecule has 3 rings (SSSR count). The third-order valence-corrected chi connectivity index (χ3v) is 4.42. The third-order valence-electron chi connectivity index (χ3n) is 3.77. The summed E-state index contributed by atoms with van der Waals surface area (Å²) < 4.78 is 7.01. The van der Waals surface area contributed by atoms with Crippen molar-refractivity contribution in [3.8, 4) is 11.4 Å². The van der Waals surface area contributed by atoms with Gasteiger partial charge < -0.3 is 10.1 Å². The lowest BCUT2D eigenvalue weighted by Crippen LogP contribution is -2.25. The van der Waals surface area contributed by atoms with Gasteiger partial charge in [-0.1, -0.05) is 42.1 Å². The summed E-state index contributed by atoms with van der Waals surface area (Å²) in [5.74, 6) is 0.634. The summed E-state index contributed by atoms with van der Waals surface area (Å²) >= 11 is 1.51. The minimum absolute atomic E-state index is 0.160. The first kappa shape index (κ1) is 17.1. The van der Waals surface area contributed by atoms with Crippen LogP contribution in [0.2, 0.25) is 0 Å². The number of benzene rings is 2. The molecule has 128 valence electrons. The van der Waals surface area contributed by atoms with Crippen molar-refractivity contribution in [3.05, 3.63) is 72.1 Å². The Hall–Kier alpha value is -2.73. The van der Waals surface area contributed by atoms with Gasteiger partial charge in [-0.2, -0.15) is 0 Å². The van der Waals surface area contributed by atoms with E-state index in [1.807, 2.05) is 65.4 Å². The van der Waals surface area contributed by atoms with Crippen LogP contribution in [-0.4, -0.2) is 28.8 Å². The van der Waals surface area contributed by atoms with E-state index in [-0.39, 0.29) is 5.91 Å². The van der Waals surface area contributed by atoms with Crippen molar-refractivity contribution in [1.29, 1.82) is 0 Å². The summed E-state index contributed by atoms with van der Waals surface area (Å²) in [6.07, 6.45) is 3.56. The van der Waals surface area contributed by atoms with Crippen molar-refractivity contribution >= 4 is 17.7 Å². The van der Waals surface area contributed by atoms with Crippen LogP contribution < -0.4 is 10.1 Å². The fourth-order valence-electron chi connectivity index (χ4n) is 2.48. The zero-order valence-corrected chi connectivity index (χ0v) is 14.9. The highest BCUT2D eigenvalue weighted by molar-refractivity contribution is 7.98. The lowest BCUT2D eigenvalue weighted by molar-refractivity contribution is 0.0943. The average molecular weight is 353 g/mol. The van der Waals surface area contributed by atoms with Crippen LogP contribution in [0.1, 0.15) is 16.1 Å². The summed E-state index contributed by atoms with van der Waals surface area (Å²) in [4.78, 5) is 17.0. The molecule has 6 heteroatoms. The van der Waals surface area contributed by atoms with Gasteiger partial charge in [-0.25, -0.2) is 4.98 Å². The molecule has 5 nitrogen and oxygen atoms in total. The van der Waals surface area contributed by atoms with E-state index in [9.17, 15) is 4.79 Å².